The maximum atomic E-state index is 12.5. The van der Waals surface area contributed by atoms with Gasteiger partial charge in [0.15, 0.2) is 0 Å². The molecule has 2 aromatic rings. The maximum Gasteiger partial charge on any atom is 0.254 e. The van der Waals surface area contributed by atoms with E-state index in [-0.39, 0.29) is 11.9 Å². The van der Waals surface area contributed by atoms with Crippen molar-refractivity contribution in [2.45, 2.75) is 18.9 Å². The smallest absolute Gasteiger partial charge is 0.254 e. The van der Waals surface area contributed by atoms with Crippen LogP contribution < -0.4 is 0 Å². The van der Waals surface area contributed by atoms with Crippen LogP contribution in [0.1, 0.15) is 33.1 Å². The summed E-state index contributed by atoms with van der Waals surface area (Å²) in [6, 6.07) is 16.8. The molecular weight excluding hydrogens is 234 g/mol. The monoisotopic (exact) mass is 249 g/mol. The average Bonchev–Trinajstić information content (AvgIpc) is 2.63. The summed E-state index contributed by atoms with van der Waals surface area (Å²) in [6.45, 7) is 0.829. The fourth-order valence-electron chi connectivity index (χ4n) is 3.37. The second kappa shape index (κ2) is 3.95. The molecule has 2 aliphatic heterocycles. The molecular formula is C17H15NO. The van der Waals surface area contributed by atoms with Gasteiger partial charge in [-0.15, -0.1) is 0 Å². The molecule has 0 radical (unpaired) electrons. The van der Waals surface area contributed by atoms with Crippen LogP contribution in [0.4, 0.5) is 0 Å². The van der Waals surface area contributed by atoms with Crippen molar-refractivity contribution >= 4 is 5.91 Å². The van der Waals surface area contributed by atoms with Crippen molar-refractivity contribution in [3.8, 4) is 0 Å². The molecule has 0 bridgehead atoms. The lowest BCUT2D eigenvalue weighted by Crippen LogP contribution is -2.29. The predicted octanol–water partition coefficient (Wildman–Crippen LogP) is 2.98. The summed E-state index contributed by atoms with van der Waals surface area (Å²) >= 11 is 0. The normalized spacial score (nSPS) is 20.5. The van der Waals surface area contributed by atoms with Crippen LogP contribution in [0, 0.1) is 0 Å². The van der Waals surface area contributed by atoms with Crippen molar-refractivity contribution in [3.63, 3.8) is 0 Å². The van der Waals surface area contributed by atoms with Gasteiger partial charge in [-0.1, -0.05) is 42.5 Å². The molecule has 19 heavy (non-hydrogen) atoms. The van der Waals surface area contributed by atoms with Gasteiger partial charge in [-0.3, -0.25) is 4.79 Å². The van der Waals surface area contributed by atoms with Crippen LogP contribution in [-0.4, -0.2) is 17.4 Å². The van der Waals surface area contributed by atoms with E-state index < -0.39 is 0 Å². The predicted molar refractivity (Wildman–Crippen MR) is 74.1 cm³/mol. The fraction of sp³-hybridized carbons (Fsp3) is 0.235. The van der Waals surface area contributed by atoms with Gasteiger partial charge in [0, 0.05) is 12.1 Å². The van der Waals surface area contributed by atoms with Gasteiger partial charge < -0.3 is 4.90 Å². The lowest BCUT2D eigenvalue weighted by molar-refractivity contribution is 0.0733. The first kappa shape index (κ1) is 10.8. The molecule has 4 rings (SSSR count). The zero-order chi connectivity index (χ0) is 12.8. The van der Waals surface area contributed by atoms with Crippen molar-refractivity contribution < 1.29 is 4.79 Å². The molecule has 0 aliphatic carbocycles. The number of amides is 1. The van der Waals surface area contributed by atoms with Crippen LogP contribution in [0.5, 0.6) is 0 Å². The highest BCUT2D eigenvalue weighted by Gasteiger charge is 2.37. The topological polar surface area (TPSA) is 20.3 Å². The lowest BCUT2D eigenvalue weighted by atomic mass is 9.96. The Balaban J connectivity index is 1.83. The van der Waals surface area contributed by atoms with E-state index >= 15 is 0 Å². The Kier molecular flexibility index (Phi) is 2.25. The summed E-state index contributed by atoms with van der Waals surface area (Å²) in [7, 11) is 0. The molecule has 2 heterocycles. The van der Waals surface area contributed by atoms with Gasteiger partial charge >= 0.3 is 0 Å². The minimum atomic E-state index is 0.202. The highest BCUT2D eigenvalue weighted by molar-refractivity contribution is 5.99. The second-order valence-corrected chi connectivity index (χ2v) is 5.32. The number of benzene rings is 2. The number of carbonyl (C=O) groups is 1. The summed E-state index contributed by atoms with van der Waals surface area (Å²) in [5.41, 5.74) is 4.87. The van der Waals surface area contributed by atoms with Gasteiger partial charge in [0.05, 0.1) is 6.04 Å². The first-order valence-electron chi connectivity index (χ1n) is 6.81. The molecule has 0 saturated carbocycles. The summed E-state index contributed by atoms with van der Waals surface area (Å²) in [5, 5.41) is 0. The number of nitrogens with zero attached hydrogens (tertiary/aromatic N) is 1. The molecule has 2 heteroatoms. The molecule has 1 amide bonds. The molecule has 0 saturated heterocycles. The summed E-state index contributed by atoms with van der Waals surface area (Å²) in [4.78, 5) is 14.5. The third-order valence-electron chi connectivity index (χ3n) is 4.34. The molecule has 2 aromatic carbocycles. The Morgan fingerprint density at radius 2 is 1.68 bits per heavy atom. The van der Waals surface area contributed by atoms with Crippen LogP contribution in [-0.2, 0) is 12.8 Å². The van der Waals surface area contributed by atoms with Gasteiger partial charge in [-0.05, 0) is 35.6 Å². The number of fused-ring (bicyclic) bond motifs is 4. The highest BCUT2D eigenvalue weighted by atomic mass is 16.2. The molecule has 0 fully saturated rings. The SMILES string of the molecule is O=C1c2ccccc2C2Cc3ccccc3CCN12. The lowest BCUT2D eigenvalue weighted by Gasteiger charge is -2.22. The van der Waals surface area contributed by atoms with Crippen molar-refractivity contribution in [1.82, 2.24) is 4.90 Å². The molecule has 2 nitrogen and oxygen atoms in total. The molecule has 94 valence electrons. The number of rotatable bonds is 0. The maximum absolute atomic E-state index is 12.5. The fourth-order valence-corrected chi connectivity index (χ4v) is 3.37. The molecule has 1 unspecified atom stereocenters. The largest absolute Gasteiger partial charge is 0.331 e. The zero-order valence-corrected chi connectivity index (χ0v) is 10.7. The van der Waals surface area contributed by atoms with Crippen LogP contribution in [0.3, 0.4) is 0 Å². The van der Waals surface area contributed by atoms with Crippen molar-refractivity contribution in [2.75, 3.05) is 6.54 Å². The number of hydrogen-bond donors (Lipinski definition) is 0. The summed E-state index contributed by atoms with van der Waals surface area (Å²) in [5.74, 6) is 0.202. The van der Waals surface area contributed by atoms with Crippen LogP contribution in [0.25, 0.3) is 0 Å². The van der Waals surface area contributed by atoms with Gasteiger partial charge in [0.2, 0.25) is 0 Å². The molecule has 1 atom stereocenters. The van der Waals surface area contributed by atoms with E-state index in [4.69, 9.17) is 0 Å². The third-order valence-corrected chi connectivity index (χ3v) is 4.34. The number of hydrogen-bond acceptors (Lipinski definition) is 1. The number of carbonyl (C=O) groups excluding carboxylic acids is 1. The van der Waals surface area contributed by atoms with E-state index in [0.29, 0.717) is 0 Å². The van der Waals surface area contributed by atoms with Crippen molar-refractivity contribution in [2.24, 2.45) is 0 Å². The Morgan fingerprint density at radius 1 is 0.947 bits per heavy atom. The Labute approximate surface area is 112 Å². The van der Waals surface area contributed by atoms with Crippen molar-refractivity contribution in [1.29, 1.82) is 0 Å². The van der Waals surface area contributed by atoms with E-state index in [1.54, 1.807) is 0 Å². The Hall–Kier alpha value is -2.09. The minimum Gasteiger partial charge on any atom is -0.331 e. The standard InChI is InChI=1S/C17H15NO/c19-17-15-8-4-3-7-14(15)16-11-13-6-2-1-5-12(13)9-10-18(16)17/h1-8,16H,9-11H2. The summed E-state index contributed by atoms with van der Waals surface area (Å²) in [6.07, 6.45) is 1.91. The van der Waals surface area contributed by atoms with Crippen LogP contribution in [0.15, 0.2) is 48.5 Å². The van der Waals surface area contributed by atoms with Crippen LogP contribution in [0.2, 0.25) is 0 Å². The van der Waals surface area contributed by atoms with E-state index in [2.05, 4.69) is 30.3 Å². The minimum absolute atomic E-state index is 0.202. The Morgan fingerprint density at radius 3 is 2.58 bits per heavy atom. The second-order valence-electron chi connectivity index (χ2n) is 5.32. The summed E-state index contributed by atoms with van der Waals surface area (Å²) < 4.78 is 0. The molecule has 2 aliphatic rings. The van der Waals surface area contributed by atoms with Gasteiger partial charge in [0.25, 0.3) is 5.91 Å². The average molecular weight is 249 g/mol. The van der Waals surface area contributed by atoms with E-state index in [1.165, 1.54) is 16.7 Å². The van der Waals surface area contributed by atoms with E-state index in [0.717, 1.165) is 24.9 Å². The first-order chi connectivity index (χ1) is 9.34. The van der Waals surface area contributed by atoms with Gasteiger partial charge in [0.1, 0.15) is 0 Å². The van der Waals surface area contributed by atoms with E-state index in [1.807, 2.05) is 23.1 Å². The van der Waals surface area contributed by atoms with Gasteiger partial charge in [-0.2, -0.15) is 0 Å². The van der Waals surface area contributed by atoms with Crippen LogP contribution >= 0.6 is 0 Å². The molecule has 0 N–H and O–H groups in total. The van der Waals surface area contributed by atoms with Crippen molar-refractivity contribution in [3.05, 3.63) is 70.8 Å². The van der Waals surface area contributed by atoms with Gasteiger partial charge in [-0.25, -0.2) is 0 Å². The first-order valence-corrected chi connectivity index (χ1v) is 6.81. The molecule has 0 aromatic heterocycles. The Bertz CT molecular complexity index is 662. The van der Waals surface area contributed by atoms with E-state index in [9.17, 15) is 4.79 Å². The third kappa shape index (κ3) is 1.53. The quantitative estimate of drug-likeness (QED) is 0.703. The highest BCUT2D eigenvalue weighted by Crippen LogP contribution is 2.38. The zero-order valence-electron chi connectivity index (χ0n) is 10.7. The molecule has 0 spiro atoms.